The fourth-order valence-electron chi connectivity index (χ4n) is 1.80. The average Bonchev–Trinajstić information content (AvgIpc) is 2.11. The summed E-state index contributed by atoms with van der Waals surface area (Å²) in [6.07, 6.45) is 6.44. The number of hydrogen-bond donors (Lipinski definition) is 0. The highest BCUT2D eigenvalue weighted by Crippen LogP contribution is 2.39. The molecule has 0 amide bonds. The van der Waals surface area contributed by atoms with Crippen LogP contribution >= 0.6 is 31.9 Å². The standard InChI is InChI=1S/C10H16Br2O/c1-2-3-6-10(12)7-4-5-8(11)9(10)13/h8H,2-7H2,1H3. The second kappa shape index (κ2) is 4.92. The highest BCUT2D eigenvalue weighted by molar-refractivity contribution is 9.11. The van der Waals surface area contributed by atoms with Crippen molar-refractivity contribution in [2.75, 3.05) is 0 Å². The first kappa shape index (κ1) is 11.7. The molecule has 1 fully saturated rings. The molecule has 0 aromatic carbocycles. The van der Waals surface area contributed by atoms with Crippen molar-refractivity contribution in [2.24, 2.45) is 0 Å². The third-order valence-corrected chi connectivity index (χ3v) is 4.74. The van der Waals surface area contributed by atoms with Gasteiger partial charge in [0, 0.05) is 0 Å². The molecule has 0 aromatic rings. The predicted molar refractivity (Wildman–Crippen MR) is 62.8 cm³/mol. The summed E-state index contributed by atoms with van der Waals surface area (Å²) >= 11 is 7.06. The van der Waals surface area contributed by atoms with Gasteiger partial charge in [-0.1, -0.05) is 58.0 Å². The summed E-state index contributed by atoms with van der Waals surface area (Å²) in [4.78, 5) is 11.9. The van der Waals surface area contributed by atoms with E-state index in [2.05, 4.69) is 38.8 Å². The fourth-order valence-corrected chi connectivity index (χ4v) is 3.71. The second-order valence-electron chi connectivity index (χ2n) is 3.79. The van der Waals surface area contributed by atoms with Crippen LogP contribution in [0.15, 0.2) is 0 Å². The van der Waals surface area contributed by atoms with Crippen molar-refractivity contribution in [1.29, 1.82) is 0 Å². The van der Waals surface area contributed by atoms with Crippen molar-refractivity contribution < 1.29 is 4.79 Å². The Hall–Kier alpha value is 0.630. The maximum absolute atomic E-state index is 11.9. The van der Waals surface area contributed by atoms with Crippen molar-refractivity contribution in [1.82, 2.24) is 0 Å². The predicted octanol–water partition coefficient (Wildman–Crippen LogP) is 3.83. The SMILES string of the molecule is CCCCC1(Br)CCCC(Br)C1=O. The minimum absolute atomic E-state index is 0.0810. The van der Waals surface area contributed by atoms with Crippen molar-refractivity contribution in [2.45, 2.75) is 54.6 Å². The first-order valence-electron chi connectivity index (χ1n) is 4.97. The molecule has 1 aliphatic rings. The van der Waals surface area contributed by atoms with Crippen molar-refractivity contribution >= 4 is 37.6 Å². The first-order chi connectivity index (χ1) is 6.10. The molecule has 1 saturated carbocycles. The van der Waals surface area contributed by atoms with Gasteiger partial charge in [0.1, 0.15) is 0 Å². The molecule has 2 atom stereocenters. The fraction of sp³-hybridized carbons (Fsp3) is 0.900. The number of unbranched alkanes of at least 4 members (excludes halogenated alkanes) is 1. The topological polar surface area (TPSA) is 17.1 Å². The Balaban J connectivity index is 2.58. The zero-order valence-electron chi connectivity index (χ0n) is 7.98. The highest BCUT2D eigenvalue weighted by Gasteiger charge is 2.40. The molecule has 76 valence electrons. The lowest BCUT2D eigenvalue weighted by Crippen LogP contribution is -2.41. The van der Waals surface area contributed by atoms with E-state index < -0.39 is 0 Å². The zero-order valence-corrected chi connectivity index (χ0v) is 11.2. The molecule has 0 N–H and O–H groups in total. The molecular formula is C10H16Br2O. The van der Waals surface area contributed by atoms with Gasteiger partial charge < -0.3 is 0 Å². The average molecular weight is 312 g/mol. The lowest BCUT2D eigenvalue weighted by molar-refractivity contribution is -0.122. The van der Waals surface area contributed by atoms with Crippen LogP contribution in [0.1, 0.15) is 45.4 Å². The molecule has 0 spiro atoms. The van der Waals surface area contributed by atoms with Crippen LogP contribution in [0.25, 0.3) is 0 Å². The van der Waals surface area contributed by atoms with Gasteiger partial charge in [-0.3, -0.25) is 4.79 Å². The zero-order chi connectivity index (χ0) is 9.90. The molecule has 3 heteroatoms. The minimum atomic E-state index is -0.213. The number of halogens is 2. The Kier molecular flexibility index (Phi) is 4.43. The van der Waals surface area contributed by atoms with Crippen LogP contribution in [-0.2, 0) is 4.79 Å². The number of rotatable bonds is 3. The Morgan fingerprint density at radius 2 is 2.31 bits per heavy atom. The summed E-state index contributed by atoms with van der Waals surface area (Å²) in [6, 6.07) is 0. The lowest BCUT2D eigenvalue weighted by Gasteiger charge is -2.32. The summed E-state index contributed by atoms with van der Waals surface area (Å²) in [5.74, 6) is 0.354. The largest absolute Gasteiger partial charge is 0.297 e. The van der Waals surface area contributed by atoms with Crippen LogP contribution in [0.2, 0.25) is 0 Å². The second-order valence-corrected chi connectivity index (χ2v) is 6.42. The van der Waals surface area contributed by atoms with E-state index in [0.29, 0.717) is 5.78 Å². The molecule has 0 saturated heterocycles. The monoisotopic (exact) mass is 310 g/mol. The summed E-state index contributed by atoms with van der Waals surface area (Å²) in [7, 11) is 0. The molecule has 1 aliphatic carbocycles. The Morgan fingerprint density at radius 1 is 1.62 bits per heavy atom. The summed E-state index contributed by atoms with van der Waals surface area (Å²) in [5.41, 5.74) is 0. The summed E-state index contributed by atoms with van der Waals surface area (Å²) in [6.45, 7) is 2.16. The van der Waals surface area contributed by atoms with Crippen LogP contribution < -0.4 is 0 Å². The normalized spacial score (nSPS) is 35.0. The summed E-state index contributed by atoms with van der Waals surface area (Å²) < 4.78 is -0.213. The third kappa shape index (κ3) is 2.79. The number of hydrogen-bond acceptors (Lipinski definition) is 1. The Labute approximate surface area is 96.9 Å². The van der Waals surface area contributed by atoms with Gasteiger partial charge in [0.2, 0.25) is 0 Å². The van der Waals surface area contributed by atoms with Crippen molar-refractivity contribution in [3.05, 3.63) is 0 Å². The molecule has 0 radical (unpaired) electrons. The van der Waals surface area contributed by atoms with E-state index in [1.807, 2.05) is 0 Å². The molecule has 2 unspecified atom stereocenters. The van der Waals surface area contributed by atoms with Gasteiger partial charge in [0.05, 0.1) is 9.15 Å². The molecule has 0 heterocycles. The Bertz CT molecular complexity index is 193. The number of carbonyl (C=O) groups excluding carboxylic acids is 1. The van der Waals surface area contributed by atoms with Crippen molar-refractivity contribution in [3.63, 3.8) is 0 Å². The van der Waals surface area contributed by atoms with E-state index in [-0.39, 0.29) is 9.15 Å². The minimum Gasteiger partial charge on any atom is -0.297 e. The Morgan fingerprint density at radius 3 is 2.92 bits per heavy atom. The molecule has 0 bridgehead atoms. The van der Waals surface area contributed by atoms with Crippen LogP contribution in [0, 0.1) is 0 Å². The lowest BCUT2D eigenvalue weighted by atomic mass is 9.84. The van der Waals surface area contributed by atoms with Crippen LogP contribution in [0.5, 0.6) is 0 Å². The summed E-state index contributed by atoms with van der Waals surface area (Å²) in [5, 5.41) is 0. The van der Waals surface area contributed by atoms with Gasteiger partial charge in [-0.2, -0.15) is 0 Å². The van der Waals surface area contributed by atoms with Gasteiger partial charge in [0.25, 0.3) is 0 Å². The molecular weight excluding hydrogens is 296 g/mol. The first-order valence-corrected chi connectivity index (χ1v) is 6.68. The quantitative estimate of drug-likeness (QED) is 0.724. The van der Waals surface area contributed by atoms with Crippen LogP contribution in [-0.4, -0.2) is 14.9 Å². The van der Waals surface area contributed by atoms with E-state index in [4.69, 9.17) is 0 Å². The van der Waals surface area contributed by atoms with E-state index in [0.717, 1.165) is 38.5 Å². The van der Waals surface area contributed by atoms with Gasteiger partial charge in [-0.05, 0) is 19.3 Å². The molecule has 13 heavy (non-hydrogen) atoms. The smallest absolute Gasteiger partial charge is 0.163 e. The van der Waals surface area contributed by atoms with Gasteiger partial charge in [-0.25, -0.2) is 0 Å². The highest BCUT2D eigenvalue weighted by atomic mass is 79.9. The van der Waals surface area contributed by atoms with Gasteiger partial charge in [-0.15, -0.1) is 0 Å². The molecule has 1 rings (SSSR count). The number of ketones is 1. The molecule has 1 nitrogen and oxygen atoms in total. The van der Waals surface area contributed by atoms with E-state index in [1.54, 1.807) is 0 Å². The van der Waals surface area contributed by atoms with E-state index in [9.17, 15) is 4.79 Å². The van der Waals surface area contributed by atoms with Crippen molar-refractivity contribution in [3.8, 4) is 0 Å². The van der Waals surface area contributed by atoms with Crippen LogP contribution in [0.4, 0.5) is 0 Å². The molecule has 0 aliphatic heterocycles. The number of carbonyl (C=O) groups is 1. The van der Waals surface area contributed by atoms with E-state index >= 15 is 0 Å². The van der Waals surface area contributed by atoms with Gasteiger partial charge in [0.15, 0.2) is 5.78 Å². The number of alkyl halides is 2. The maximum Gasteiger partial charge on any atom is 0.163 e. The van der Waals surface area contributed by atoms with Crippen LogP contribution in [0.3, 0.4) is 0 Å². The number of Topliss-reactive ketones (excluding diaryl/α,β-unsaturated/α-hetero) is 1. The molecule has 0 aromatic heterocycles. The van der Waals surface area contributed by atoms with E-state index in [1.165, 1.54) is 0 Å². The van der Waals surface area contributed by atoms with Gasteiger partial charge >= 0.3 is 0 Å². The third-order valence-electron chi connectivity index (χ3n) is 2.68. The maximum atomic E-state index is 11.9.